The van der Waals surface area contributed by atoms with Crippen LogP contribution in [0.1, 0.15) is 12.0 Å². The second kappa shape index (κ2) is 8.96. The van der Waals surface area contributed by atoms with Crippen molar-refractivity contribution >= 4 is 35.9 Å². The molecule has 0 saturated carbocycles. The SMILES string of the molecule is COc1ccc(Cl)cc1CNC(=O)CN1CCC(C(=O)O)C1.Cl. The lowest BCUT2D eigenvalue weighted by Gasteiger charge is -2.15. The normalized spacial score (nSPS) is 17.4. The minimum atomic E-state index is -0.799. The Labute approximate surface area is 146 Å². The van der Waals surface area contributed by atoms with E-state index in [9.17, 15) is 9.59 Å². The highest BCUT2D eigenvalue weighted by molar-refractivity contribution is 6.30. The highest BCUT2D eigenvalue weighted by atomic mass is 35.5. The van der Waals surface area contributed by atoms with Crippen LogP contribution in [0.15, 0.2) is 18.2 Å². The molecule has 23 heavy (non-hydrogen) atoms. The predicted octanol–water partition coefficient (Wildman–Crippen LogP) is 1.79. The van der Waals surface area contributed by atoms with E-state index in [1.807, 2.05) is 4.90 Å². The molecular weight excluding hydrogens is 343 g/mol. The maximum atomic E-state index is 12.0. The molecule has 1 amide bonds. The molecule has 1 aromatic carbocycles. The summed E-state index contributed by atoms with van der Waals surface area (Å²) in [5.74, 6) is -0.655. The van der Waals surface area contributed by atoms with Gasteiger partial charge in [0.2, 0.25) is 5.91 Å². The maximum Gasteiger partial charge on any atom is 0.307 e. The number of amides is 1. The first-order valence-corrected chi connectivity index (χ1v) is 7.41. The van der Waals surface area contributed by atoms with E-state index in [-0.39, 0.29) is 30.8 Å². The van der Waals surface area contributed by atoms with Crippen LogP contribution in [0.2, 0.25) is 5.02 Å². The molecule has 0 bridgehead atoms. The van der Waals surface area contributed by atoms with Gasteiger partial charge in [-0.2, -0.15) is 0 Å². The minimum Gasteiger partial charge on any atom is -0.496 e. The van der Waals surface area contributed by atoms with Crippen molar-refractivity contribution in [2.24, 2.45) is 5.92 Å². The van der Waals surface area contributed by atoms with Crippen molar-refractivity contribution in [3.8, 4) is 5.75 Å². The molecule has 128 valence electrons. The third kappa shape index (κ3) is 5.57. The Balaban J connectivity index is 0.00000264. The Morgan fingerprint density at radius 3 is 2.83 bits per heavy atom. The lowest BCUT2D eigenvalue weighted by atomic mass is 10.1. The van der Waals surface area contributed by atoms with Gasteiger partial charge >= 0.3 is 5.97 Å². The molecule has 1 fully saturated rings. The number of hydrogen-bond acceptors (Lipinski definition) is 4. The first-order chi connectivity index (χ1) is 10.5. The molecular formula is C15H20Cl2N2O4. The van der Waals surface area contributed by atoms with Gasteiger partial charge in [0.25, 0.3) is 0 Å². The standard InChI is InChI=1S/C15H19ClN2O4.ClH/c1-22-13-3-2-12(16)6-11(13)7-17-14(19)9-18-5-4-10(8-18)15(20)21;/h2-3,6,10H,4-5,7-9H2,1H3,(H,17,19)(H,20,21);1H. The third-order valence-corrected chi connectivity index (χ3v) is 3.94. The van der Waals surface area contributed by atoms with Crippen molar-refractivity contribution in [1.82, 2.24) is 10.2 Å². The van der Waals surface area contributed by atoms with Crippen molar-refractivity contribution in [1.29, 1.82) is 0 Å². The number of carboxylic acids is 1. The lowest BCUT2D eigenvalue weighted by molar-refractivity contribution is -0.141. The number of ether oxygens (including phenoxy) is 1. The van der Waals surface area contributed by atoms with Crippen LogP contribution in [0.25, 0.3) is 0 Å². The molecule has 0 spiro atoms. The molecule has 1 heterocycles. The Morgan fingerprint density at radius 2 is 2.22 bits per heavy atom. The van der Waals surface area contributed by atoms with Gasteiger partial charge in [0, 0.05) is 23.7 Å². The second-order valence-corrected chi connectivity index (χ2v) is 5.73. The van der Waals surface area contributed by atoms with Gasteiger partial charge < -0.3 is 15.2 Å². The Hall–Kier alpha value is -1.50. The summed E-state index contributed by atoms with van der Waals surface area (Å²) in [6.07, 6.45) is 0.588. The van der Waals surface area contributed by atoms with Gasteiger partial charge in [0.1, 0.15) is 5.75 Å². The fourth-order valence-corrected chi connectivity index (χ4v) is 2.71. The van der Waals surface area contributed by atoms with Gasteiger partial charge in [-0.15, -0.1) is 12.4 Å². The smallest absolute Gasteiger partial charge is 0.307 e. The summed E-state index contributed by atoms with van der Waals surface area (Å²) in [5, 5.41) is 12.3. The van der Waals surface area contributed by atoms with Gasteiger partial charge in [-0.3, -0.25) is 14.5 Å². The number of carboxylic acid groups (broad SMARTS) is 1. The number of benzene rings is 1. The number of carbonyl (C=O) groups excluding carboxylic acids is 1. The molecule has 1 aliphatic heterocycles. The molecule has 1 saturated heterocycles. The van der Waals surface area contributed by atoms with Crippen molar-refractivity contribution in [3.63, 3.8) is 0 Å². The van der Waals surface area contributed by atoms with Crippen molar-refractivity contribution in [3.05, 3.63) is 28.8 Å². The molecule has 1 aromatic rings. The number of nitrogens with zero attached hydrogens (tertiary/aromatic N) is 1. The number of rotatable bonds is 6. The monoisotopic (exact) mass is 362 g/mol. The van der Waals surface area contributed by atoms with E-state index in [1.165, 1.54) is 0 Å². The molecule has 0 aromatic heterocycles. The van der Waals surface area contributed by atoms with E-state index < -0.39 is 5.97 Å². The summed E-state index contributed by atoms with van der Waals surface area (Å²) in [7, 11) is 1.56. The molecule has 1 atom stereocenters. The first kappa shape index (κ1) is 19.5. The summed E-state index contributed by atoms with van der Waals surface area (Å²) < 4.78 is 5.22. The van der Waals surface area contributed by atoms with Crippen LogP contribution in [0, 0.1) is 5.92 Å². The van der Waals surface area contributed by atoms with E-state index >= 15 is 0 Å². The van der Waals surface area contributed by atoms with E-state index in [0.717, 1.165) is 5.56 Å². The fraction of sp³-hybridized carbons (Fsp3) is 0.467. The van der Waals surface area contributed by atoms with Crippen LogP contribution in [-0.2, 0) is 16.1 Å². The van der Waals surface area contributed by atoms with Gasteiger partial charge in [-0.05, 0) is 31.2 Å². The van der Waals surface area contributed by atoms with Crippen LogP contribution in [0.5, 0.6) is 5.75 Å². The van der Waals surface area contributed by atoms with Gasteiger partial charge in [0.05, 0.1) is 19.6 Å². The van der Waals surface area contributed by atoms with E-state index in [0.29, 0.717) is 36.8 Å². The van der Waals surface area contributed by atoms with Crippen LogP contribution < -0.4 is 10.1 Å². The number of aliphatic carboxylic acids is 1. The number of halogens is 2. The van der Waals surface area contributed by atoms with Crippen LogP contribution in [-0.4, -0.2) is 48.6 Å². The summed E-state index contributed by atoms with van der Waals surface area (Å²) in [6, 6.07) is 5.22. The van der Waals surface area contributed by atoms with Gasteiger partial charge in [-0.1, -0.05) is 11.6 Å². The number of carbonyl (C=O) groups is 2. The predicted molar refractivity (Wildman–Crippen MR) is 89.3 cm³/mol. The van der Waals surface area contributed by atoms with E-state index in [1.54, 1.807) is 25.3 Å². The number of methoxy groups -OCH3 is 1. The average molecular weight is 363 g/mol. The molecule has 2 rings (SSSR count). The van der Waals surface area contributed by atoms with Crippen molar-refractivity contribution in [2.75, 3.05) is 26.7 Å². The largest absolute Gasteiger partial charge is 0.496 e. The van der Waals surface area contributed by atoms with Crippen LogP contribution >= 0.6 is 24.0 Å². The number of nitrogens with one attached hydrogen (secondary N) is 1. The maximum absolute atomic E-state index is 12.0. The van der Waals surface area contributed by atoms with E-state index in [4.69, 9.17) is 21.4 Å². The second-order valence-electron chi connectivity index (χ2n) is 5.29. The first-order valence-electron chi connectivity index (χ1n) is 7.04. The minimum absolute atomic E-state index is 0. The molecule has 1 aliphatic rings. The molecule has 6 nitrogen and oxygen atoms in total. The van der Waals surface area contributed by atoms with Crippen molar-refractivity contribution < 1.29 is 19.4 Å². The van der Waals surface area contributed by atoms with Gasteiger partial charge in [-0.25, -0.2) is 0 Å². The summed E-state index contributed by atoms with van der Waals surface area (Å²) in [4.78, 5) is 24.7. The number of likely N-dealkylation sites (tertiary alicyclic amines) is 1. The zero-order valence-electron chi connectivity index (χ0n) is 12.8. The third-order valence-electron chi connectivity index (χ3n) is 3.71. The molecule has 8 heteroatoms. The zero-order valence-corrected chi connectivity index (χ0v) is 14.3. The van der Waals surface area contributed by atoms with E-state index in [2.05, 4.69) is 5.32 Å². The van der Waals surface area contributed by atoms with Gasteiger partial charge in [0.15, 0.2) is 0 Å². The molecule has 1 unspecified atom stereocenters. The Kier molecular flexibility index (Phi) is 7.61. The van der Waals surface area contributed by atoms with Crippen LogP contribution in [0.3, 0.4) is 0 Å². The lowest BCUT2D eigenvalue weighted by Crippen LogP contribution is -2.36. The molecule has 0 radical (unpaired) electrons. The summed E-state index contributed by atoms with van der Waals surface area (Å²) in [5.41, 5.74) is 0.799. The fourth-order valence-electron chi connectivity index (χ4n) is 2.52. The summed E-state index contributed by atoms with van der Waals surface area (Å²) >= 11 is 5.94. The molecule has 0 aliphatic carbocycles. The highest BCUT2D eigenvalue weighted by Crippen LogP contribution is 2.22. The quantitative estimate of drug-likeness (QED) is 0.806. The Morgan fingerprint density at radius 1 is 1.48 bits per heavy atom. The highest BCUT2D eigenvalue weighted by Gasteiger charge is 2.28. The zero-order chi connectivity index (χ0) is 16.1. The average Bonchev–Trinajstić information content (AvgIpc) is 2.94. The topological polar surface area (TPSA) is 78.9 Å². The molecule has 2 N–H and O–H groups in total. The summed E-state index contributed by atoms with van der Waals surface area (Å²) in [6.45, 7) is 1.57. The van der Waals surface area contributed by atoms with Crippen molar-refractivity contribution in [2.45, 2.75) is 13.0 Å². The number of hydrogen-bond donors (Lipinski definition) is 2. The Bertz CT molecular complexity index is 568. The van der Waals surface area contributed by atoms with Crippen LogP contribution in [0.4, 0.5) is 0 Å².